The van der Waals surface area contributed by atoms with Crippen LogP contribution in [0.5, 0.6) is 0 Å². The zero-order chi connectivity index (χ0) is 29.6. The molecule has 3 saturated carbocycles. The number of Topliss-reactive ketones (excluding diaryl/α,β-unsaturated/α-hetero) is 1. The van der Waals surface area contributed by atoms with Crippen molar-refractivity contribution in [3.05, 3.63) is 47.3 Å². The van der Waals surface area contributed by atoms with E-state index in [0.717, 1.165) is 66.3 Å². The number of rotatable bonds is 5. The third kappa shape index (κ3) is 4.21. The predicted molar refractivity (Wildman–Crippen MR) is 169 cm³/mol. The topological polar surface area (TPSA) is 97.5 Å². The zero-order valence-corrected chi connectivity index (χ0v) is 26.6. The molecule has 4 aliphatic carbocycles. The largest absolute Gasteiger partial charge is 0.393 e. The fraction of sp³-hybridized carbons (Fsp3) is 0.618. The first-order chi connectivity index (χ1) is 20.7. The van der Waals surface area contributed by atoms with E-state index in [1.165, 1.54) is 28.6 Å². The van der Waals surface area contributed by atoms with E-state index in [9.17, 15) is 15.0 Å². The van der Waals surface area contributed by atoms with Gasteiger partial charge in [-0.05, 0) is 98.3 Å². The molecule has 1 aliphatic heterocycles. The van der Waals surface area contributed by atoms with Gasteiger partial charge in [0.25, 0.3) is 0 Å². The van der Waals surface area contributed by atoms with Crippen molar-refractivity contribution in [1.29, 1.82) is 0 Å². The van der Waals surface area contributed by atoms with Crippen LogP contribution in [0.4, 0.5) is 0 Å². The Kier molecular flexibility index (Phi) is 6.77. The second-order valence-electron chi connectivity index (χ2n) is 14.2. The summed E-state index contributed by atoms with van der Waals surface area (Å²) in [5.41, 5.74) is 2.71. The number of hydrogen-bond acceptors (Lipinski definition) is 8. The maximum atomic E-state index is 13.8. The highest BCUT2D eigenvalue weighted by Crippen LogP contribution is 2.67. The van der Waals surface area contributed by atoms with Crippen molar-refractivity contribution in [3.8, 4) is 0 Å². The van der Waals surface area contributed by atoms with Crippen LogP contribution in [-0.4, -0.2) is 61.4 Å². The maximum Gasteiger partial charge on any atom is 0.175 e. The van der Waals surface area contributed by atoms with Gasteiger partial charge in [0, 0.05) is 18.6 Å². The third-order valence-corrected chi connectivity index (χ3v) is 14.4. The molecule has 6 unspecified atom stereocenters. The Labute approximate surface area is 261 Å². The highest BCUT2D eigenvalue weighted by molar-refractivity contribution is 8.01. The summed E-state index contributed by atoms with van der Waals surface area (Å²) in [6.45, 7) is 6.03. The van der Waals surface area contributed by atoms with Gasteiger partial charge in [-0.2, -0.15) is 5.10 Å². The van der Waals surface area contributed by atoms with Gasteiger partial charge < -0.3 is 14.9 Å². The summed E-state index contributed by atoms with van der Waals surface area (Å²) in [5, 5.41) is 29.0. The van der Waals surface area contributed by atoms with E-state index in [1.807, 2.05) is 24.3 Å². The van der Waals surface area contributed by atoms with E-state index in [1.54, 1.807) is 11.3 Å². The Morgan fingerprint density at radius 3 is 2.81 bits per heavy atom. The van der Waals surface area contributed by atoms with Gasteiger partial charge in [0.2, 0.25) is 0 Å². The van der Waals surface area contributed by atoms with Crippen molar-refractivity contribution in [1.82, 2.24) is 14.8 Å². The van der Waals surface area contributed by atoms with E-state index in [0.29, 0.717) is 18.9 Å². The molecule has 2 N–H and O–H groups in total. The first-order valence-electron chi connectivity index (χ1n) is 16.0. The monoisotopic (exact) mass is 619 g/mol. The molecule has 0 radical (unpaired) electrons. The summed E-state index contributed by atoms with van der Waals surface area (Å²) >= 11 is 3.03. The molecule has 2 aromatic heterocycles. The third-order valence-electron chi connectivity index (χ3n) is 12.2. The van der Waals surface area contributed by atoms with E-state index in [2.05, 4.69) is 35.8 Å². The molecule has 8 rings (SSSR count). The standard InChI is InChI=1S/C34H41N3O4S2/c1-32-16-20-18-35-37(22-10-13-41-14-11-22)26(20)15-21(32)7-8-23-24-9-12-34(40,33(24,2)17-27(38)30(23)32)29(39)19-42-31-36-25-5-3-4-6-28(25)43-31/h3-6,15,18,22-24,27,30,38,40H,7-14,16-17,19H2,1-2H3/t23?,24?,27-,30?,32?,33?,34?/m0/s1. The Hall–Kier alpha value is -2.04. The van der Waals surface area contributed by atoms with E-state index >= 15 is 0 Å². The van der Waals surface area contributed by atoms with E-state index in [-0.39, 0.29) is 34.7 Å². The summed E-state index contributed by atoms with van der Waals surface area (Å²) in [4.78, 5) is 18.5. The van der Waals surface area contributed by atoms with Gasteiger partial charge in [0.15, 0.2) is 10.1 Å². The molecular weight excluding hydrogens is 579 g/mol. The minimum absolute atomic E-state index is 0.111. The molecule has 7 nitrogen and oxygen atoms in total. The van der Waals surface area contributed by atoms with E-state index < -0.39 is 17.1 Å². The maximum absolute atomic E-state index is 13.8. The molecule has 0 bridgehead atoms. The lowest BCUT2D eigenvalue weighted by Crippen LogP contribution is -2.62. The normalized spacial score (nSPS) is 37.3. The average molecular weight is 620 g/mol. The van der Waals surface area contributed by atoms with E-state index in [4.69, 9.17) is 9.84 Å². The lowest BCUT2D eigenvalue weighted by molar-refractivity contribution is -0.177. The molecule has 9 heteroatoms. The fourth-order valence-corrected chi connectivity index (χ4v) is 12.1. The number of carbonyl (C=O) groups is 1. The summed E-state index contributed by atoms with van der Waals surface area (Å²) < 4.78 is 9.81. The Morgan fingerprint density at radius 2 is 2.00 bits per heavy atom. The van der Waals surface area contributed by atoms with Crippen LogP contribution >= 0.6 is 23.1 Å². The number of benzene rings is 1. The van der Waals surface area contributed by atoms with Crippen LogP contribution in [0, 0.1) is 28.6 Å². The number of thiazole rings is 1. The quantitative estimate of drug-likeness (QED) is 0.334. The Balaban J connectivity index is 1.04. The minimum Gasteiger partial charge on any atom is -0.393 e. The van der Waals surface area contributed by atoms with Crippen molar-refractivity contribution >= 4 is 45.2 Å². The van der Waals surface area contributed by atoms with Crippen LogP contribution in [0.1, 0.15) is 76.1 Å². The molecule has 3 aromatic rings. The van der Waals surface area contributed by atoms with Gasteiger partial charge >= 0.3 is 0 Å². The summed E-state index contributed by atoms with van der Waals surface area (Å²) in [6.07, 6.45) is 10.5. The Morgan fingerprint density at radius 1 is 1.19 bits per heavy atom. The number of nitrogens with zero attached hydrogens (tertiary/aromatic N) is 3. The van der Waals surface area contributed by atoms with Crippen LogP contribution in [0.2, 0.25) is 0 Å². The number of para-hydroxylation sites is 1. The first-order valence-corrected chi connectivity index (χ1v) is 17.8. The number of aliphatic hydroxyl groups excluding tert-OH is 1. The lowest BCUT2D eigenvalue weighted by atomic mass is 9.45. The van der Waals surface area contributed by atoms with Gasteiger partial charge in [0.05, 0.1) is 40.0 Å². The fourth-order valence-electron chi connectivity index (χ4n) is 10.0. The van der Waals surface area contributed by atoms with Crippen LogP contribution in [0.25, 0.3) is 16.3 Å². The van der Waals surface area contributed by atoms with Gasteiger partial charge in [-0.1, -0.05) is 43.3 Å². The van der Waals surface area contributed by atoms with Gasteiger partial charge in [-0.15, -0.1) is 11.3 Å². The number of ketones is 1. The number of carbonyl (C=O) groups excluding carboxylic acids is 1. The lowest BCUT2D eigenvalue weighted by Gasteiger charge is -2.60. The number of thioether (sulfide) groups is 1. The Bertz CT molecular complexity index is 1580. The molecule has 1 aromatic carbocycles. The molecule has 1 saturated heterocycles. The molecule has 4 fully saturated rings. The molecule has 3 heterocycles. The molecule has 228 valence electrons. The van der Waals surface area contributed by atoms with Crippen molar-refractivity contribution < 1.29 is 19.7 Å². The van der Waals surface area contributed by atoms with Crippen molar-refractivity contribution in [2.45, 2.75) is 87.3 Å². The van der Waals surface area contributed by atoms with Crippen molar-refractivity contribution in [2.75, 3.05) is 19.0 Å². The predicted octanol–water partition coefficient (Wildman–Crippen LogP) is 6.09. The first kappa shape index (κ1) is 28.4. The van der Waals surface area contributed by atoms with Crippen LogP contribution < -0.4 is 0 Å². The molecule has 43 heavy (non-hydrogen) atoms. The van der Waals surface area contributed by atoms with Gasteiger partial charge in [-0.25, -0.2) is 4.98 Å². The molecule has 0 spiro atoms. The minimum atomic E-state index is -1.42. The summed E-state index contributed by atoms with van der Waals surface area (Å²) in [7, 11) is 0. The number of allylic oxidation sites excluding steroid dienone is 1. The highest BCUT2D eigenvalue weighted by Gasteiger charge is 2.68. The molecule has 5 aliphatic rings. The smallest absolute Gasteiger partial charge is 0.175 e. The zero-order valence-electron chi connectivity index (χ0n) is 25.0. The van der Waals surface area contributed by atoms with Crippen molar-refractivity contribution in [2.24, 2.45) is 28.6 Å². The second-order valence-corrected chi connectivity index (χ2v) is 16.4. The number of aromatic nitrogens is 3. The molecule has 7 atom stereocenters. The SMILES string of the molecule is CC12Cc3cnn(C4CCOCC4)c3C=C1CCC1C2[C@@H](O)CC2(C)C1CCC2(O)C(=O)CSc1nc2ccccc2s1. The highest BCUT2D eigenvalue weighted by atomic mass is 32.2. The summed E-state index contributed by atoms with van der Waals surface area (Å²) in [5.74, 6) is 0.694. The number of hydrogen-bond donors (Lipinski definition) is 2. The van der Waals surface area contributed by atoms with Gasteiger partial charge in [0.1, 0.15) is 5.60 Å². The van der Waals surface area contributed by atoms with Gasteiger partial charge in [-0.3, -0.25) is 9.48 Å². The average Bonchev–Trinajstić information content (AvgIpc) is 3.68. The molecular formula is C34H41N3O4S2. The second kappa shape index (κ2) is 10.2. The van der Waals surface area contributed by atoms with Crippen LogP contribution in [0.15, 0.2) is 40.4 Å². The summed E-state index contributed by atoms with van der Waals surface area (Å²) in [6, 6.07) is 8.40. The van der Waals surface area contributed by atoms with Crippen molar-refractivity contribution in [3.63, 3.8) is 0 Å². The number of ether oxygens (including phenoxy) is 1. The molecule has 0 amide bonds. The van der Waals surface area contributed by atoms with Crippen LogP contribution in [-0.2, 0) is 16.0 Å². The van der Waals surface area contributed by atoms with Crippen LogP contribution in [0.3, 0.4) is 0 Å². The number of fused-ring (bicyclic) bond motifs is 7. The number of aliphatic hydroxyl groups is 2.